The number of hydrogen-bond acceptors (Lipinski definition) is 10. The summed E-state index contributed by atoms with van der Waals surface area (Å²) < 4.78 is 20.8. The third kappa shape index (κ3) is 13.0. The van der Waals surface area contributed by atoms with Gasteiger partial charge in [-0.2, -0.15) is 5.10 Å². The largest absolute Gasteiger partial charge is 0.444 e. The number of aromatic amines is 1. The number of aromatic nitrogens is 2. The Morgan fingerprint density at radius 3 is 2.16 bits per heavy atom. The van der Waals surface area contributed by atoms with Crippen LogP contribution in [0.15, 0.2) is 71.5 Å². The molecule has 4 aliphatic heterocycles. The first-order valence-corrected chi connectivity index (χ1v) is 27.1. The third-order valence-electron chi connectivity index (χ3n) is 16.0. The van der Waals surface area contributed by atoms with Crippen molar-refractivity contribution in [3.63, 3.8) is 0 Å². The Morgan fingerprint density at radius 1 is 0.730 bits per heavy atom. The van der Waals surface area contributed by atoms with E-state index in [9.17, 15) is 28.8 Å². The molecular weight excluding hydrogens is 942 g/mol. The smallest absolute Gasteiger partial charge is 0.410 e. The normalized spacial score (nSPS) is 20.4. The molecule has 1 aliphatic carbocycles. The number of carbonyl (C=O) groups is 5. The fourth-order valence-corrected chi connectivity index (χ4v) is 11.7. The number of hydrogen-bond donors (Lipinski definition) is 2. The summed E-state index contributed by atoms with van der Waals surface area (Å²) >= 11 is 0. The van der Waals surface area contributed by atoms with E-state index in [-0.39, 0.29) is 46.8 Å². The molecule has 2 atom stereocenters. The predicted octanol–water partition coefficient (Wildman–Crippen LogP) is 6.29. The number of piperidine rings is 2. The number of fused-ring (bicyclic) bond motifs is 1. The number of carbonyl (C=O) groups excluding carboxylic acids is 5. The van der Waals surface area contributed by atoms with E-state index >= 15 is 4.39 Å². The number of ether oxygens (including phenoxy) is 1. The zero-order chi connectivity index (χ0) is 51.9. The highest BCUT2D eigenvalue weighted by molar-refractivity contribution is 5.98. The van der Waals surface area contributed by atoms with E-state index in [2.05, 4.69) is 25.3 Å². The molecular formula is C57H74FN9O7. The van der Waals surface area contributed by atoms with Gasteiger partial charge >= 0.3 is 6.09 Å². The van der Waals surface area contributed by atoms with Crippen molar-refractivity contribution in [1.82, 2.24) is 44.9 Å². The van der Waals surface area contributed by atoms with Gasteiger partial charge in [0.15, 0.2) is 0 Å². The van der Waals surface area contributed by atoms with Gasteiger partial charge in [-0.15, -0.1) is 0 Å². The highest BCUT2D eigenvalue weighted by Crippen LogP contribution is 2.31. The Bertz CT molecular complexity index is 2710. The van der Waals surface area contributed by atoms with Crippen molar-refractivity contribution < 1.29 is 33.1 Å². The van der Waals surface area contributed by atoms with Gasteiger partial charge in [-0.05, 0) is 113 Å². The Morgan fingerprint density at radius 2 is 1.43 bits per heavy atom. The lowest BCUT2D eigenvalue weighted by molar-refractivity contribution is -0.137. The third-order valence-corrected chi connectivity index (χ3v) is 16.0. The number of benzene rings is 3. The van der Waals surface area contributed by atoms with Crippen molar-refractivity contribution in [2.24, 2.45) is 11.8 Å². The minimum absolute atomic E-state index is 0.0253. The Kier molecular flexibility index (Phi) is 16.8. The summed E-state index contributed by atoms with van der Waals surface area (Å²) in [6.07, 6.45) is 8.66. The van der Waals surface area contributed by atoms with Crippen LogP contribution in [0.2, 0.25) is 0 Å². The van der Waals surface area contributed by atoms with E-state index in [1.807, 2.05) is 62.1 Å². The van der Waals surface area contributed by atoms with Crippen LogP contribution in [-0.4, -0.2) is 173 Å². The van der Waals surface area contributed by atoms with Crippen LogP contribution in [0.1, 0.15) is 122 Å². The van der Waals surface area contributed by atoms with Crippen molar-refractivity contribution >= 4 is 40.5 Å². The lowest BCUT2D eigenvalue weighted by Crippen LogP contribution is -2.55. The first-order chi connectivity index (χ1) is 35.7. The molecule has 0 spiro atoms. The highest BCUT2D eigenvalue weighted by Gasteiger charge is 2.37. The van der Waals surface area contributed by atoms with E-state index in [4.69, 9.17) is 4.74 Å². The second kappa shape index (κ2) is 23.6. The molecule has 396 valence electrons. The quantitative estimate of drug-likeness (QED) is 0.165. The van der Waals surface area contributed by atoms with Gasteiger partial charge in [-0.1, -0.05) is 55.7 Å². The van der Waals surface area contributed by atoms with Crippen molar-refractivity contribution in [3.05, 3.63) is 111 Å². The molecule has 0 radical (unpaired) electrons. The van der Waals surface area contributed by atoms with Gasteiger partial charge in [0, 0.05) is 108 Å². The summed E-state index contributed by atoms with van der Waals surface area (Å²) in [6, 6.07) is 18.8. The molecule has 3 aromatic carbocycles. The molecule has 1 saturated carbocycles. The van der Waals surface area contributed by atoms with Gasteiger partial charge < -0.3 is 34.6 Å². The van der Waals surface area contributed by atoms with Gasteiger partial charge in [0.05, 0.1) is 23.2 Å². The Labute approximate surface area is 433 Å². The molecule has 5 fully saturated rings. The monoisotopic (exact) mass is 1020 g/mol. The zero-order valence-electron chi connectivity index (χ0n) is 43.5. The van der Waals surface area contributed by atoms with Crippen LogP contribution in [0.4, 0.5) is 9.18 Å². The molecule has 0 bridgehead atoms. The van der Waals surface area contributed by atoms with Gasteiger partial charge in [0.2, 0.25) is 11.8 Å². The topological polar surface area (TPSA) is 172 Å². The van der Waals surface area contributed by atoms with Crippen molar-refractivity contribution in [2.45, 2.75) is 103 Å². The van der Waals surface area contributed by atoms with Crippen molar-refractivity contribution in [1.29, 1.82) is 0 Å². The number of likely N-dealkylation sites (tertiary alicyclic amines) is 2. The number of rotatable bonds is 12. The van der Waals surface area contributed by atoms with Crippen LogP contribution in [0, 0.1) is 17.7 Å². The van der Waals surface area contributed by atoms with E-state index in [0.29, 0.717) is 98.8 Å². The number of piperazine rings is 2. The fourth-order valence-electron chi connectivity index (χ4n) is 11.7. The molecule has 1 aromatic heterocycles. The maximum atomic E-state index is 15.1. The molecule has 16 nitrogen and oxygen atoms in total. The fraction of sp³-hybridized carbons (Fsp3) is 0.561. The van der Waals surface area contributed by atoms with E-state index in [1.165, 1.54) is 6.07 Å². The summed E-state index contributed by atoms with van der Waals surface area (Å²) in [5.41, 5.74) is 1.98. The highest BCUT2D eigenvalue weighted by atomic mass is 19.1. The molecule has 2 N–H and O–H groups in total. The minimum atomic E-state index is -0.608. The van der Waals surface area contributed by atoms with Crippen LogP contribution in [-0.2, 0) is 20.7 Å². The predicted molar refractivity (Wildman–Crippen MR) is 280 cm³/mol. The number of halogens is 1. The SMILES string of the molecule is CC(C)(C)OC(=O)N1CCC[C@@H](c2cccc(C(=O)N[C@@H](C(=O)N3CCC(CN4CCN(CC(=O)N5CCN(C(=O)c6cc(Cc7n[nH]c(=O)c8ccccc78)ccc6F)CC5)CC4)CC3)C3CCCCC3)c2)C1. The first-order valence-electron chi connectivity index (χ1n) is 27.1. The molecule has 0 unspecified atom stereocenters. The van der Waals surface area contributed by atoms with Crippen LogP contribution < -0.4 is 10.9 Å². The first kappa shape index (κ1) is 52.7. The summed E-state index contributed by atoms with van der Waals surface area (Å²) in [7, 11) is 0. The average Bonchev–Trinajstić information content (AvgIpc) is 3.41. The molecule has 4 aromatic rings. The molecule has 74 heavy (non-hydrogen) atoms. The second-order valence-corrected chi connectivity index (χ2v) is 22.3. The summed E-state index contributed by atoms with van der Waals surface area (Å²) in [5.74, 6) is -0.564. The number of nitrogens with zero attached hydrogens (tertiary/aromatic N) is 7. The summed E-state index contributed by atoms with van der Waals surface area (Å²) in [6.45, 7) is 14.0. The zero-order valence-corrected chi connectivity index (χ0v) is 43.5. The molecule has 17 heteroatoms. The van der Waals surface area contributed by atoms with Crippen molar-refractivity contribution in [2.75, 3.05) is 91.6 Å². The van der Waals surface area contributed by atoms with Gasteiger partial charge in [0.1, 0.15) is 17.5 Å². The Balaban J connectivity index is 0.707. The maximum Gasteiger partial charge on any atom is 0.410 e. The molecule has 5 amide bonds. The molecule has 5 aliphatic rings. The average molecular weight is 1020 g/mol. The lowest BCUT2D eigenvalue weighted by Gasteiger charge is -2.41. The van der Waals surface area contributed by atoms with E-state index in [1.54, 1.807) is 39.0 Å². The summed E-state index contributed by atoms with van der Waals surface area (Å²) in [5, 5.41) is 11.2. The van der Waals surface area contributed by atoms with Crippen LogP contribution in [0.25, 0.3) is 10.8 Å². The number of H-pyrrole nitrogens is 1. The Hall–Kier alpha value is -6.20. The minimum Gasteiger partial charge on any atom is -0.444 e. The van der Waals surface area contributed by atoms with E-state index in [0.717, 1.165) is 96.1 Å². The standard InChI is InChI=1S/C57H74FN9O7/c1-57(2,3)74-56(73)67-22-10-15-44(37-67)42-13-9-14-43(35-42)52(69)59-51(41-11-5-4-6-12-41)55(72)65-23-20-39(21-24-65)36-62-25-27-63(28-26-62)38-50(68)64-29-31-66(32-30-64)54(71)47-33-40(18-19-48(47)58)34-49-45-16-7-8-17-46(45)53(70)61-60-49/h7-9,13-14,16-19,33,35,39,41,44,51H,4-6,10-12,15,20-32,34,36-38H2,1-3H3,(H,59,69)(H,61,70)/t44-,51-/m1/s1. The van der Waals surface area contributed by atoms with Gasteiger partial charge in [-0.25, -0.2) is 14.3 Å². The van der Waals surface area contributed by atoms with Gasteiger partial charge in [0.25, 0.3) is 17.4 Å². The molecule has 9 rings (SSSR count). The number of amides is 5. The van der Waals surface area contributed by atoms with E-state index < -0.39 is 23.4 Å². The molecule has 4 saturated heterocycles. The lowest BCUT2D eigenvalue weighted by atomic mass is 9.82. The van der Waals surface area contributed by atoms with Crippen molar-refractivity contribution in [3.8, 4) is 0 Å². The maximum absolute atomic E-state index is 15.1. The van der Waals surface area contributed by atoms with Gasteiger partial charge in [-0.3, -0.25) is 28.9 Å². The van der Waals surface area contributed by atoms with Crippen LogP contribution in [0.3, 0.4) is 0 Å². The molecule has 5 heterocycles. The number of nitrogens with one attached hydrogen (secondary N) is 2. The van der Waals surface area contributed by atoms with Crippen LogP contribution in [0.5, 0.6) is 0 Å². The summed E-state index contributed by atoms with van der Waals surface area (Å²) in [4.78, 5) is 92.6. The van der Waals surface area contributed by atoms with Crippen LogP contribution >= 0.6 is 0 Å². The second-order valence-electron chi connectivity index (χ2n) is 22.3.